The number of nitrogens with zero attached hydrogens (tertiary/aromatic N) is 3. The number of thiophene rings is 1. The van der Waals surface area contributed by atoms with Crippen molar-refractivity contribution >= 4 is 50.6 Å². The fourth-order valence-corrected chi connectivity index (χ4v) is 4.43. The minimum absolute atomic E-state index is 0.00913. The normalized spacial score (nSPS) is 11.5. The van der Waals surface area contributed by atoms with Crippen LogP contribution in [0.3, 0.4) is 0 Å². The van der Waals surface area contributed by atoms with Crippen LogP contribution in [-0.2, 0) is 11.0 Å². The zero-order valence-electron chi connectivity index (χ0n) is 16.7. The molecule has 0 aliphatic rings. The van der Waals surface area contributed by atoms with Gasteiger partial charge in [-0.15, -0.1) is 11.3 Å². The molecule has 2 aromatic carbocycles. The first-order valence-corrected chi connectivity index (χ1v) is 10.6. The van der Waals surface area contributed by atoms with Crippen LogP contribution in [0.15, 0.2) is 60.9 Å². The first kappa shape index (κ1) is 22.0. The summed E-state index contributed by atoms with van der Waals surface area (Å²) in [6.07, 6.45) is -3.19. The Morgan fingerprint density at radius 3 is 2.59 bits per heavy atom. The lowest BCUT2D eigenvalue weighted by Gasteiger charge is -2.18. The van der Waals surface area contributed by atoms with Crippen LogP contribution in [0, 0.1) is 0 Å². The van der Waals surface area contributed by atoms with Gasteiger partial charge in [0.15, 0.2) is 0 Å². The van der Waals surface area contributed by atoms with Crippen LogP contribution in [0.5, 0.6) is 0 Å². The van der Waals surface area contributed by atoms with Crippen LogP contribution < -0.4 is 10.2 Å². The van der Waals surface area contributed by atoms with Crippen molar-refractivity contribution in [1.82, 2.24) is 9.97 Å². The number of halogens is 4. The van der Waals surface area contributed by atoms with Crippen molar-refractivity contribution in [1.29, 1.82) is 0 Å². The number of hydrogen-bond donors (Lipinski definition) is 1. The Bertz CT molecular complexity index is 1280. The Hall–Kier alpha value is -3.17. The van der Waals surface area contributed by atoms with Crippen molar-refractivity contribution in [2.75, 3.05) is 23.8 Å². The van der Waals surface area contributed by atoms with Gasteiger partial charge in [0, 0.05) is 17.6 Å². The number of fused-ring (bicyclic) bond motifs is 1. The second-order valence-electron chi connectivity index (χ2n) is 6.99. The quantitative estimate of drug-likeness (QED) is 0.378. The van der Waals surface area contributed by atoms with Crippen molar-refractivity contribution in [3.63, 3.8) is 0 Å². The Morgan fingerprint density at radius 2 is 1.88 bits per heavy atom. The van der Waals surface area contributed by atoms with E-state index in [9.17, 15) is 18.0 Å². The number of nitrogens with one attached hydrogen (secondary N) is 1. The van der Waals surface area contributed by atoms with Gasteiger partial charge in [-0.1, -0.05) is 41.9 Å². The van der Waals surface area contributed by atoms with Crippen molar-refractivity contribution in [2.45, 2.75) is 6.18 Å². The molecule has 1 amide bonds. The first-order chi connectivity index (χ1) is 15.2. The SMILES string of the molecule is CN(CC(=O)Nc1ccc(Cl)c(C(F)(F)F)c1)c1ncnc2sc(-c3ccccc3)cc12. The minimum Gasteiger partial charge on any atom is -0.350 e. The average Bonchev–Trinajstić information content (AvgIpc) is 3.19. The van der Waals surface area contributed by atoms with Gasteiger partial charge in [0.05, 0.1) is 22.5 Å². The highest BCUT2D eigenvalue weighted by atomic mass is 35.5. The molecule has 0 aliphatic carbocycles. The molecule has 0 radical (unpaired) electrons. The Labute approximate surface area is 190 Å². The molecule has 0 atom stereocenters. The summed E-state index contributed by atoms with van der Waals surface area (Å²) in [7, 11) is 1.68. The molecule has 4 aromatic rings. The average molecular weight is 477 g/mol. The lowest BCUT2D eigenvalue weighted by atomic mass is 10.2. The Kier molecular flexibility index (Phi) is 6.03. The van der Waals surface area contributed by atoms with E-state index in [2.05, 4.69) is 15.3 Å². The number of likely N-dealkylation sites (N-methyl/N-ethyl adjacent to an activating group) is 1. The summed E-state index contributed by atoms with van der Waals surface area (Å²) >= 11 is 7.14. The first-order valence-electron chi connectivity index (χ1n) is 9.40. The number of alkyl halides is 3. The molecular formula is C22H16ClF3N4OS. The maximum Gasteiger partial charge on any atom is 0.417 e. The number of benzene rings is 2. The van der Waals surface area contributed by atoms with E-state index in [-0.39, 0.29) is 12.2 Å². The standard InChI is InChI=1S/C22H16ClF3N4OS/c1-30(11-19(31)29-14-7-8-17(23)16(9-14)22(24,25)26)20-15-10-18(13-5-3-2-4-6-13)32-21(15)28-12-27-20/h2-10,12H,11H2,1H3,(H,29,31). The van der Waals surface area contributed by atoms with Gasteiger partial charge in [0.2, 0.25) is 5.91 Å². The van der Waals surface area contributed by atoms with Gasteiger partial charge in [-0.25, -0.2) is 9.97 Å². The number of rotatable bonds is 5. The third-order valence-corrected chi connectivity index (χ3v) is 6.09. The van der Waals surface area contributed by atoms with E-state index < -0.39 is 22.7 Å². The smallest absolute Gasteiger partial charge is 0.350 e. The number of carbonyl (C=O) groups excluding carboxylic acids is 1. The lowest BCUT2D eigenvalue weighted by molar-refractivity contribution is -0.137. The maximum atomic E-state index is 13.1. The summed E-state index contributed by atoms with van der Waals surface area (Å²) in [4.78, 5) is 24.5. The molecule has 32 heavy (non-hydrogen) atoms. The van der Waals surface area contributed by atoms with E-state index >= 15 is 0 Å². The van der Waals surface area contributed by atoms with Crippen LogP contribution >= 0.6 is 22.9 Å². The summed E-state index contributed by atoms with van der Waals surface area (Å²) in [5.74, 6) is 0.0592. The lowest BCUT2D eigenvalue weighted by Crippen LogP contribution is -2.30. The number of aromatic nitrogens is 2. The second kappa shape index (κ2) is 8.76. The van der Waals surface area contributed by atoms with Gasteiger partial charge in [-0.2, -0.15) is 13.2 Å². The van der Waals surface area contributed by atoms with Gasteiger partial charge in [-0.3, -0.25) is 4.79 Å². The van der Waals surface area contributed by atoms with E-state index in [1.54, 1.807) is 11.9 Å². The Morgan fingerprint density at radius 1 is 1.12 bits per heavy atom. The van der Waals surface area contributed by atoms with Gasteiger partial charge in [0.25, 0.3) is 0 Å². The highest BCUT2D eigenvalue weighted by Gasteiger charge is 2.33. The van der Waals surface area contributed by atoms with E-state index in [1.807, 2.05) is 36.4 Å². The minimum atomic E-state index is -4.61. The summed E-state index contributed by atoms with van der Waals surface area (Å²) in [6, 6.07) is 15.0. The molecule has 2 aromatic heterocycles. The highest BCUT2D eigenvalue weighted by molar-refractivity contribution is 7.21. The molecule has 0 aliphatic heterocycles. The fraction of sp³-hybridized carbons (Fsp3) is 0.136. The molecule has 164 valence electrons. The molecule has 2 heterocycles. The van der Waals surface area contributed by atoms with E-state index in [1.165, 1.54) is 23.7 Å². The van der Waals surface area contributed by atoms with Crippen LogP contribution in [0.1, 0.15) is 5.56 Å². The van der Waals surface area contributed by atoms with Crippen LogP contribution in [0.2, 0.25) is 5.02 Å². The molecule has 10 heteroatoms. The summed E-state index contributed by atoms with van der Waals surface area (Å²) in [6.45, 7) is -0.118. The molecule has 1 N–H and O–H groups in total. The summed E-state index contributed by atoms with van der Waals surface area (Å²) in [5, 5.41) is 2.84. The monoisotopic (exact) mass is 476 g/mol. The van der Waals surface area contributed by atoms with Crippen molar-refractivity contribution in [2.24, 2.45) is 0 Å². The number of amides is 1. The summed E-state index contributed by atoms with van der Waals surface area (Å²) in [5.41, 5.74) is 0.0504. The van der Waals surface area contributed by atoms with E-state index in [0.717, 1.165) is 32.8 Å². The third-order valence-electron chi connectivity index (χ3n) is 4.66. The van der Waals surface area contributed by atoms with Crippen molar-refractivity contribution in [3.05, 3.63) is 71.5 Å². The molecule has 0 saturated heterocycles. The van der Waals surface area contributed by atoms with Crippen molar-refractivity contribution < 1.29 is 18.0 Å². The van der Waals surface area contributed by atoms with Crippen LogP contribution in [0.25, 0.3) is 20.7 Å². The predicted molar refractivity (Wildman–Crippen MR) is 121 cm³/mol. The number of carbonyl (C=O) groups is 1. The zero-order valence-corrected chi connectivity index (χ0v) is 18.2. The second-order valence-corrected chi connectivity index (χ2v) is 8.43. The topological polar surface area (TPSA) is 58.1 Å². The zero-order chi connectivity index (χ0) is 22.9. The van der Waals surface area contributed by atoms with Gasteiger partial charge < -0.3 is 10.2 Å². The molecule has 0 saturated carbocycles. The van der Waals surface area contributed by atoms with Crippen LogP contribution in [0.4, 0.5) is 24.7 Å². The fourth-order valence-electron chi connectivity index (χ4n) is 3.20. The molecule has 0 fully saturated rings. The Balaban J connectivity index is 1.53. The molecule has 4 rings (SSSR count). The van der Waals surface area contributed by atoms with E-state index in [0.29, 0.717) is 5.82 Å². The maximum absolute atomic E-state index is 13.1. The largest absolute Gasteiger partial charge is 0.417 e. The predicted octanol–water partition coefficient (Wildman–Crippen LogP) is 6.11. The van der Waals surface area contributed by atoms with Gasteiger partial charge in [0.1, 0.15) is 17.0 Å². The highest BCUT2D eigenvalue weighted by Crippen LogP contribution is 2.37. The number of anilines is 2. The molecule has 0 bridgehead atoms. The van der Waals surface area contributed by atoms with Crippen LogP contribution in [-0.4, -0.2) is 29.5 Å². The van der Waals surface area contributed by atoms with E-state index in [4.69, 9.17) is 11.6 Å². The number of hydrogen-bond acceptors (Lipinski definition) is 5. The third kappa shape index (κ3) is 4.68. The van der Waals surface area contributed by atoms with Gasteiger partial charge >= 0.3 is 6.18 Å². The molecule has 0 unspecified atom stereocenters. The molecule has 5 nitrogen and oxygen atoms in total. The summed E-state index contributed by atoms with van der Waals surface area (Å²) < 4.78 is 39.2. The van der Waals surface area contributed by atoms with Crippen molar-refractivity contribution in [3.8, 4) is 10.4 Å². The molecular weight excluding hydrogens is 461 g/mol. The molecule has 0 spiro atoms. The van der Waals surface area contributed by atoms with Gasteiger partial charge in [-0.05, 0) is 29.8 Å².